The number of carbonyl (C=O) groups is 2. The molecular formula is C15H19N2O3S3+. The number of hydrogen-bond donors (Lipinski definition) is 1. The molecule has 0 spiro atoms. The second-order valence-corrected chi connectivity index (χ2v) is 7.93. The number of ether oxygens (including phenoxy) is 1. The molecular weight excluding hydrogens is 352 g/mol. The highest BCUT2D eigenvalue weighted by atomic mass is 32.2. The predicted octanol–water partition coefficient (Wildman–Crippen LogP) is 1.03. The Balaban J connectivity index is 1.85. The summed E-state index contributed by atoms with van der Waals surface area (Å²) in [6, 6.07) is 3.88. The smallest absolute Gasteiger partial charge is 0.307 e. The zero-order chi connectivity index (χ0) is 16.8. The third-order valence-electron chi connectivity index (χ3n) is 3.09. The Bertz CT molecular complexity index is 611. The maximum Gasteiger partial charge on any atom is 0.307 e. The highest BCUT2D eigenvalue weighted by Gasteiger charge is 2.32. The van der Waals surface area contributed by atoms with Crippen LogP contribution in [0.15, 0.2) is 22.4 Å². The SMILES string of the molecule is C[NH+](C)CCOC(=O)CCN1C(=O)C(=Cc2cccs2)SC1=S. The van der Waals surface area contributed by atoms with Crippen LogP contribution in [0.25, 0.3) is 6.08 Å². The fourth-order valence-corrected chi connectivity index (χ4v) is 3.87. The number of thioether (sulfide) groups is 1. The predicted molar refractivity (Wildman–Crippen MR) is 97.5 cm³/mol. The van der Waals surface area contributed by atoms with E-state index >= 15 is 0 Å². The number of nitrogens with zero attached hydrogens (tertiary/aromatic N) is 1. The molecule has 1 saturated heterocycles. The van der Waals surface area contributed by atoms with E-state index in [2.05, 4.69) is 0 Å². The van der Waals surface area contributed by atoms with Crippen molar-refractivity contribution in [3.63, 3.8) is 0 Å². The monoisotopic (exact) mass is 371 g/mol. The molecule has 0 saturated carbocycles. The van der Waals surface area contributed by atoms with Crippen molar-refractivity contribution in [2.75, 3.05) is 33.8 Å². The molecule has 1 aliphatic heterocycles. The Kier molecular flexibility index (Phi) is 6.76. The third-order valence-corrected chi connectivity index (χ3v) is 5.29. The van der Waals surface area contributed by atoms with Gasteiger partial charge in [0, 0.05) is 11.4 Å². The number of esters is 1. The van der Waals surface area contributed by atoms with E-state index in [9.17, 15) is 9.59 Å². The van der Waals surface area contributed by atoms with Gasteiger partial charge in [0.05, 0.1) is 25.4 Å². The van der Waals surface area contributed by atoms with Gasteiger partial charge < -0.3 is 9.64 Å². The summed E-state index contributed by atoms with van der Waals surface area (Å²) in [5, 5.41) is 1.96. The standard InChI is InChI=1S/C15H18N2O3S3/c1-16(2)7-8-20-13(18)5-6-17-14(19)12(23-15(17)21)10-11-4-3-9-22-11/h3-4,9-10H,5-8H2,1-2H3/p+1. The summed E-state index contributed by atoms with van der Waals surface area (Å²) in [6.45, 7) is 1.41. The van der Waals surface area contributed by atoms with E-state index in [0.717, 1.165) is 11.4 Å². The molecule has 1 aromatic heterocycles. The Morgan fingerprint density at radius 1 is 1.48 bits per heavy atom. The molecule has 8 heteroatoms. The van der Waals surface area contributed by atoms with Crippen LogP contribution >= 0.6 is 35.3 Å². The van der Waals surface area contributed by atoms with Crippen molar-refractivity contribution in [3.05, 3.63) is 27.3 Å². The van der Waals surface area contributed by atoms with Crippen molar-refractivity contribution in [1.82, 2.24) is 4.90 Å². The van der Waals surface area contributed by atoms with Gasteiger partial charge in [0.1, 0.15) is 17.5 Å². The molecule has 1 fully saturated rings. The largest absolute Gasteiger partial charge is 0.460 e. The van der Waals surface area contributed by atoms with E-state index < -0.39 is 0 Å². The zero-order valence-corrected chi connectivity index (χ0v) is 15.5. The number of likely N-dealkylation sites (N-methyl/N-ethyl adjacent to an activating group) is 1. The van der Waals surface area contributed by atoms with Crippen molar-refractivity contribution in [2.24, 2.45) is 0 Å². The van der Waals surface area contributed by atoms with Gasteiger partial charge >= 0.3 is 5.97 Å². The summed E-state index contributed by atoms with van der Waals surface area (Å²) in [6.07, 6.45) is 1.99. The molecule has 5 nitrogen and oxygen atoms in total. The summed E-state index contributed by atoms with van der Waals surface area (Å²) in [5.41, 5.74) is 0. The van der Waals surface area contributed by atoms with Gasteiger partial charge in [0.15, 0.2) is 0 Å². The van der Waals surface area contributed by atoms with Crippen LogP contribution in [0.4, 0.5) is 0 Å². The van der Waals surface area contributed by atoms with Crippen molar-refractivity contribution in [2.45, 2.75) is 6.42 Å². The van der Waals surface area contributed by atoms with E-state index in [0.29, 0.717) is 15.8 Å². The van der Waals surface area contributed by atoms with Gasteiger partial charge in [-0.25, -0.2) is 0 Å². The van der Waals surface area contributed by atoms with Crippen LogP contribution in [0, 0.1) is 0 Å². The van der Waals surface area contributed by atoms with E-state index in [1.165, 1.54) is 21.6 Å². The summed E-state index contributed by atoms with van der Waals surface area (Å²) in [7, 11) is 3.99. The minimum atomic E-state index is -0.303. The molecule has 0 aliphatic carbocycles. The number of amides is 1. The molecule has 1 N–H and O–H groups in total. The molecule has 0 aromatic carbocycles. The van der Waals surface area contributed by atoms with Crippen molar-refractivity contribution in [1.29, 1.82) is 0 Å². The lowest BCUT2D eigenvalue weighted by atomic mass is 10.3. The Morgan fingerprint density at radius 3 is 2.91 bits per heavy atom. The lowest BCUT2D eigenvalue weighted by Crippen LogP contribution is -3.06. The van der Waals surface area contributed by atoms with Crippen LogP contribution in [0.1, 0.15) is 11.3 Å². The second-order valence-electron chi connectivity index (χ2n) is 5.28. The lowest BCUT2D eigenvalue weighted by Gasteiger charge is -2.14. The van der Waals surface area contributed by atoms with Crippen LogP contribution < -0.4 is 4.90 Å². The third kappa shape index (κ3) is 5.42. The maximum atomic E-state index is 12.4. The second kappa shape index (κ2) is 8.58. The van der Waals surface area contributed by atoms with E-state index in [1.54, 1.807) is 11.3 Å². The number of nitrogens with one attached hydrogen (secondary N) is 1. The summed E-state index contributed by atoms with van der Waals surface area (Å²) in [4.78, 5) is 28.4. The molecule has 23 heavy (non-hydrogen) atoms. The van der Waals surface area contributed by atoms with Gasteiger partial charge in [0.2, 0.25) is 0 Å². The summed E-state index contributed by atoms with van der Waals surface area (Å²) >= 11 is 8.08. The molecule has 0 unspecified atom stereocenters. The first-order valence-electron chi connectivity index (χ1n) is 7.21. The highest BCUT2D eigenvalue weighted by Crippen LogP contribution is 2.33. The van der Waals surface area contributed by atoms with E-state index in [-0.39, 0.29) is 24.8 Å². The minimum absolute atomic E-state index is 0.140. The molecule has 0 bridgehead atoms. The Labute approximate surface area is 149 Å². The average molecular weight is 372 g/mol. The van der Waals surface area contributed by atoms with Crippen LogP contribution in [-0.2, 0) is 14.3 Å². The molecule has 2 rings (SSSR count). The molecule has 1 amide bonds. The van der Waals surface area contributed by atoms with Gasteiger partial charge in [-0.2, -0.15) is 0 Å². The quantitative estimate of drug-likeness (QED) is 0.441. The Hall–Kier alpha value is -1.22. The molecule has 0 atom stereocenters. The van der Waals surface area contributed by atoms with Gasteiger partial charge in [-0.1, -0.05) is 30.0 Å². The highest BCUT2D eigenvalue weighted by molar-refractivity contribution is 8.26. The number of quaternary nitrogens is 1. The normalized spacial score (nSPS) is 16.7. The van der Waals surface area contributed by atoms with Crippen LogP contribution in [-0.4, -0.2) is 54.9 Å². The van der Waals surface area contributed by atoms with Crippen LogP contribution in [0.3, 0.4) is 0 Å². The van der Waals surface area contributed by atoms with E-state index in [1.807, 2.05) is 37.7 Å². The molecule has 2 heterocycles. The number of hydrogen-bond acceptors (Lipinski definition) is 6. The van der Waals surface area contributed by atoms with Crippen LogP contribution in [0.2, 0.25) is 0 Å². The number of rotatable bonds is 7. The fourth-order valence-electron chi connectivity index (χ4n) is 1.84. The minimum Gasteiger partial charge on any atom is -0.460 e. The lowest BCUT2D eigenvalue weighted by molar-refractivity contribution is -0.858. The van der Waals surface area contributed by atoms with Crippen molar-refractivity contribution in [3.8, 4) is 0 Å². The molecule has 0 radical (unpaired) electrons. The maximum absolute atomic E-state index is 12.4. The molecule has 124 valence electrons. The summed E-state index contributed by atoms with van der Waals surface area (Å²) < 4.78 is 5.62. The van der Waals surface area contributed by atoms with E-state index in [4.69, 9.17) is 17.0 Å². The molecule has 1 aromatic rings. The van der Waals surface area contributed by atoms with Gasteiger partial charge in [-0.05, 0) is 17.5 Å². The first-order chi connectivity index (χ1) is 11.0. The van der Waals surface area contributed by atoms with Crippen molar-refractivity contribution >= 4 is 57.6 Å². The summed E-state index contributed by atoms with van der Waals surface area (Å²) in [5.74, 6) is -0.443. The number of thiocarbonyl (C=S) groups is 1. The molecule has 1 aliphatic rings. The number of carbonyl (C=O) groups excluding carboxylic acids is 2. The zero-order valence-electron chi connectivity index (χ0n) is 13.0. The van der Waals surface area contributed by atoms with Gasteiger partial charge in [0.25, 0.3) is 5.91 Å². The van der Waals surface area contributed by atoms with Gasteiger partial charge in [-0.15, -0.1) is 11.3 Å². The van der Waals surface area contributed by atoms with Crippen LogP contribution in [0.5, 0.6) is 0 Å². The Morgan fingerprint density at radius 2 is 2.26 bits per heavy atom. The first kappa shape index (κ1) is 18.1. The van der Waals surface area contributed by atoms with Gasteiger partial charge in [-0.3, -0.25) is 14.5 Å². The topological polar surface area (TPSA) is 51.1 Å². The first-order valence-corrected chi connectivity index (χ1v) is 9.31. The van der Waals surface area contributed by atoms with Crippen molar-refractivity contribution < 1.29 is 19.2 Å². The number of thiophene rings is 1. The fraction of sp³-hybridized carbons (Fsp3) is 0.400. The average Bonchev–Trinajstić information content (AvgIpc) is 3.07.